The fourth-order valence-corrected chi connectivity index (χ4v) is 2.28. The van der Waals surface area contributed by atoms with Crippen LogP contribution >= 0.6 is 0 Å². The van der Waals surface area contributed by atoms with Gasteiger partial charge in [0.25, 0.3) is 0 Å². The number of aliphatic carboxylic acids is 1. The van der Waals surface area contributed by atoms with Gasteiger partial charge in [0, 0.05) is 11.8 Å². The third kappa shape index (κ3) is 2.67. The molecule has 0 saturated carbocycles. The predicted molar refractivity (Wildman–Crippen MR) is 68.5 cm³/mol. The molecule has 0 heterocycles. The van der Waals surface area contributed by atoms with Crippen molar-refractivity contribution >= 4 is 11.8 Å². The zero-order chi connectivity index (χ0) is 13.2. The molecule has 0 aromatic heterocycles. The first-order chi connectivity index (χ1) is 8.49. The molecule has 1 atom stereocenters. The summed E-state index contributed by atoms with van der Waals surface area (Å²) in [5, 5.41) is 8.81. The van der Waals surface area contributed by atoms with E-state index in [0.29, 0.717) is 6.42 Å². The fraction of sp³-hybridized carbons (Fsp3) is 0.333. The summed E-state index contributed by atoms with van der Waals surface area (Å²) in [6.45, 7) is 2.08. The summed E-state index contributed by atoms with van der Waals surface area (Å²) in [4.78, 5) is 22.0. The van der Waals surface area contributed by atoms with Gasteiger partial charge in [0.15, 0.2) is 5.78 Å². The highest BCUT2D eigenvalue weighted by Gasteiger charge is 2.27. The van der Waals surface area contributed by atoms with Gasteiger partial charge in [0.1, 0.15) is 0 Å². The predicted octanol–water partition coefficient (Wildman–Crippen LogP) is 2.49. The van der Waals surface area contributed by atoms with Crippen molar-refractivity contribution in [2.24, 2.45) is 0 Å². The summed E-state index contributed by atoms with van der Waals surface area (Å²) in [6.07, 6.45) is 4.92. The van der Waals surface area contributed by atoms with E-state index in [9.17, 15) is 9.59 Å². The van der Waals surface area contributed by atoms with Crippen molar-refractivity contribution in [3.8, 4) is 0 Å². The van der Waals surface area contributed by atoms with E-state index in [1.54, 1.807) is 6.08 Å². The van der Waals surface area contributed by atoms with Crippen LogP contribution in [0.2, 0.25) is 0 Å². The van der Waals surface area contributed by atoms with Crippen molar-refractivity contribution < 1.29 is 14.7 Å². The molecule has 0 amide bonds. The minimum atomic E-state index is -0.827. The van der Waals surface area contributed by atoms with E-state index in [2.05, 4.69) is 6.92 Å². The Morgan fingerprint density at radius 2 is 2.22 bits per heavy atom. The molecule has 0 saturated heterocycles. The lowest BCUT2D eigenvalue weighted by Gasteiger charge is -2.29. The number of hydrogen-bond acceptors (Lipinski definition) is 2. The number of hydrogen-bond donors (Lipinski definition) is 1. The number of carboxylic acid groups (broad SMARTS) is 1. The van der Waals surface area contributed by atoms with Gasteiger partial charge in [0.05, 0.1) is 6.42 Å². The second kappa shape index (κ2) is 4.77. The van der Waals surface area contributed by atoms with Crippen molar-refractivity contribution in [3.05, 3.63) is 47.5 Å². The third-order valence-electron chi connectivity index (χ3n) is 3.47. The fourth-order valence-electron chi connectivity index (χ4n) is 2.28. The number of carboxylic acids is 1. The van der Waals surface area contributed by atoms with Crippen LogP contribution in [0.15, 0.2) is 36.4 Å². The standard InChI is InChI=1S/C15H16O3/c1-15(7-5-13(16)6-8-15)12-4-2-3-11(9-12)10-14(17)18/h2-5,7,9H,6,8,10H2,1H3,(H,17,18). The van der Waals surface area contributed by atoms with Gasteiger partial charge in [-0.3, -0.25) is 9.59 Å². The second-order valence-corrected chi connectivity index (χ2v) is 4.99. The number of carbonyl (C=O) groups excluding carboxylic acids is 1. The summed E-state index contributed by atoms with van der Waals surface area (Å²) in [5.41, 5.74) is 1.71. The molecule has 2 rings (SSSR count). The molecule has 1 unspecified atom stereocenters. The van der Waals surface area contributed by atoms with Gasteiger partial charge in [0.2, 0.25) is 0 Å². The minimum Gasteiger partial charge on any atom is -0.481 e. The zero-order valence-corrected chi connectivity index (χ0v) is 10.3. The number of benzene rings is 1. The second-order valence-electron chi connectivity index (χ2n) is 4.99. The molecule has 0 fully saturated rings. The average molecular weight is 244 g/mol. The highest BCUT2D eigenvalue weighted by molar-refractivity contribution is 5.91. The number of carbonyl (C=O) groups is 2. The number of allylic oxidation sites excluding steroid dienone is 2. The Morgan fingerprint density at radius 3 is 2.83 bits per heavy atom. The molecular formula is C15H16O3. The average Bonchev–Trinajstić information content (AvgIpc) is 2.33. The zero-order valence-electron chi connectivity index (χ0n) is 10.3. The van der Waals surface area contributed by atoms with Crippen LogP contribution in [0, 0.1) is 0 Å². The van der Waals surface area contributed by atoms with Crippen LogP contribution in [0.25, 0.3) is 0 Å². The van der Waals surface area contributed by atoms with Crippen molar-refractivity contribution in [1.29, 1.82) is 0 Å². The lowest BCUT2D eigenvalue weighted by Crippen LogP contribution is -2.24. The molecule has 3 heteroatoms. The van der Waals surface area contributed by atoms with Crippen LogP contribution in [-0.4, -0.2) is 16.9 Å². The molecule has 1 aliphatic rings. The van der Waals surface area contributed by atoms with Crippen molar-refractivity contribution in [2.45, 2.75) is 31.6 Å². The van der Waals surface area contributed by atoms with Crippen LogP contribution < -0.4 is 0 Å². The molecular weight excluding hydrogens is 228 g/mol. The van der Waals surface area contributed by atoms with Gasteiger partial charge >= 0.3 is 5.97 Å². The minimum absolute atomic E-state index is 0.0343. The van der Waals surface area contributed by atoms with Gasteiger partial charge in [-0.05, 0) is 23.6 Å². The van der Waals surface area contributed by atoms with Crippen molar-refractivity contribution in [2.75, 3.05) is 0 Å². The van der Waals surface area contributed by atoms with Gasteiger partial charge in [-0.25, -0.2) is 0 Å². The summed E-state index contributed by atoms with van der Waals surface area (Å²) < 4.78 is 0. The quantitative estimate of drug-likeness (QED) is 0.888. The van der Waals surface area contributed by atoms with Crippen LogP contribution in [0.4, 0.5) is 0 Å². The molecule has 0 bridgehead atoms. The largest absolute Gasteiger partial charge is 0.481 e. The molecule has 0 spiro atoms. The lowest BCUT2D eigenvalue weighted by molar-refractivity contribution is -0.136. The van der Waals surface area contributed by atoms with E-state index in [1.165, 1.54) is 0 Å². The molecule has 1 N–H and O–H groups in total. The van der Waals surface area contributed by atoms with Gasteiger partial charge in [-0.2, -0.15) is 0 Å². The molecule has 1 aromatic rings. The van der Waals surface area contributed by atoms with Gasteiger partial charge in [-0.1, -0.05) is 37.3 Å². The first-order valence-corrected chi connectivity index (χ1v) is 6.03. The van der Waals surface area contributed by atoms with E-state index < -0.39 is 5.97 Å². The highest BCUT2D eigenvalue weighted by Crippen LogP contribution is 2.33. The van der Waals surface area contributed by atoms with Crippen molar-refractivity contribution in [3.63, 3.8) is 0 Å². The summed E-state index contributed by atoms with van der Waals surface area (Å²) in [6, 6.07) is 7.61. The number of ketones is 1. The monoisotopic (exact) mass is 244 g/mol. The van der Waals surface area contributed by atoms with Gasteiger partial charge in [-0.15, -0.1) is 0 Å². The topological polar surface area (TPSA) is 54.4 Å². The number of rotatable bonds is 3. The lowest BCUT2D eigenvalue weighted by atomic mass is 9.74. The van der Waals surface area contributed by atoms with E-state index in [4.69, 9.17) is 5.11 Å². The van der Waals surface area contributed by atoms with Crippen LogP contribution in [0.1, 0.15) is 30.9 Å². The third-order valence-corrected chi connectivity index (χ3v) is 3.47. The molecule has 0 aliphatic heterocycles. The van der Waals surface area contributed by atoms with Gasteiger partial charge < -0.3 is 5.11 Å². The SMILES string of the molecule is CC1(c2cccc(CC(=O)O)c2)C=CC(=O)CC1. The Hall–Kier alpha value is -1.90. The molecule has 0 radical (unpaired) electrons. The summed E-state index contributed by atoms with van der Waals surface area (Å²) >= 11 is 0. The van der Waals surface area contributed by atoms with E-state index in [0.717, 1.165) is 17.5 Å². The smallest absolute Gasteiger partial charge is 0.307 e. The Labute approximate surface area is 106 Å². The first kappa shape index (κ1) is 12.6. The maximum absolute atomic E-state index is 11.2. The Balaban J connectivity index is 2.30. The molecule has 3 nitrogen and oxygen atoms in total. The Kier molecular flexibility index (Phi) is 3.32. The van der Waals surface area contributed by atoms with E-state index in [1.807, 2.05) is 30.3 Å². The summed E-state index contributed by atoms with van der Waals surface area (Å²) in [5.74, 6) is -0.666. The summed E-state index contributed by atoms with van der Waals surface area (Å²) in [7, 11) is 0. The molecule has 18 heavy (non-hydrogen) atoms. The van der Waals surface area contributed by atoms with Crippen LogP contribution in [0.5, 0.6) is 0 Å². The Morgan fingerprint density at radius 1 is 1.44 bits per heavy atom. The van der Waals surface area contributed by atoms with Crippen molar-refractivity contribution in [1.82, 2.24) is 0 Å². The molecule has 94 valence electrons. The highest BCUT2D eigenvalue weighted by atomic mass is 16.4. The first-order valence-electron chi connectivity index (χ1n) is 6.03. The molecule has 1 aliphatic carbocycles. The Bertz CT molecular complexity index is 516. The van der Waals surface area contributed by atoms with E-state index >= 15 is 0 Å². The normalized spacial score (nSPS) is 23.1. The molecule has 1 aromatic carbocycles. The maximum Gasteiger partial charge on any atom is 0.307 e. The van der Waals surface area contributed by atoms with Crippen LogP contribution in [-0.2, 0) is 21.4 Å². The van der Waals surface area contributed by atoms with E-state index in [-0.39, 0.29) is 17.6 Å². The maximum atomic E-state index is 11.2. The van der Waals surface area contributed by atoms with Crippen LogP contribution in [0.3, 0.4) is 0 Å².